The molecular formula is C21H13ClF2N2O2S. The molecule has 0 radical (unpaired) electrons. The maximum atomic E-state index is 13.7. The molecule has 4 rings (SSSR count). The van der Waals surface area contributed by atoms with Gasteiger partial charge in [0.25, 0.3) is 11.8 Å². The third-order valence-electron chi connectivity index (χ3n) is 4.54. The maximum Gasteiger partial charge on any atom is 0.282 e. The molecule has 146 valence electrons. The lowest BCUT2D eigenvalue weighted by atomic mass is 10.1. The molecule has 0 spiro atoms. The number of nitrogens with zero attached hydrogens (tertiary/aromatic N) is 1. The molecule has 8 heteroatoms. The number of nitrogens with one attached hydrogen (secondary N) is 1. The number of carbonyl (C=O) groups excluding carboxylic acids is 2. The van der Waals surface area contributed by atoms with Crippen LogP contribution in [0.3, 0.4) is 0 Å². The summed E-state index contributed by atoms with van der Waals surface area (Å²) >= 11 is 7.46. The van der Waals surface area contributed by atoms with Crippen LogP contribution in [0.2, 0.25) is 5.02 Å². The number of hydrogen-bond donors (Lipinski definition) is 1. The minimum absolute atomic E-state index is 0.0485. The summed E-state index contributed by atoms with van der Waals surface area (Å²) in [5.41, 5.74) is 1.43. The summed E-state index contributed by atoms with van der Waals surface area (Å²) in [6.45, 7) is 1.78. The Morgan fingerprint density at radius 3 is 2.48 bits per heavy atom. The summed E-state index contributed by atoms with van der Waals surface area (Å²) < 4.78 is 27.1. The average molecular weight is 431 g/mol. The summed E-state index contributed by atoms with van der Waals surface area (Å²) in [5.74, 6) is -3.49. The number of benzene rings is 2. The van der Waals surface area contributed by atoms with Crippen LogP contribution in [0, 0.1) is 18.6 Å². The van der Waals surface area contributed by atoms with E-state index in [0.717, 1.165) is 17.0 Å². The van der Waals surface area contributed by atoms with Crippen molar-refractivity contribution in [1.82, 2.24) is 0 Å². The SMILES string of the molecule is Cc1c(Cl)cccc1NC1=C(c2cccs2)C(=O)N(c2ccc(F)c(F)c2)C1=O. The zero-order valence-electron chi connectivity index (χ0n) is 15.0. The first-order valence-corrected chi connectivity index (χ1v) is 9.78. The van der Waals surface area contributed by atoms with Crippen molar-refractivity contribution in [3.05, 3.63) is 86.7 Å². The second-order valence-corrected chi connectivity index (χ2v) is 7.66. The fraction of sp³-hybridized carbons (Fsp3) is 0.0476. The largest absolute Gasteiger partial charge is 0.350 e. The van der Waals surface area contributed by atoms with E-state index in [4.69, 9.17) is 11.6 Å². The lowest BCUT2D eigenvalue weighted by Gasteiger charge is -2.16. The van der Waals surface area contributed by atoms with Crippen LogP contribution in [0.4, 0.5) is 20.2 Å². The molecule has 0 fully saturated rings. The predicted molar refractivity (Wildman–Crippen MR) is 110 cm³/mol. The topological polar surface area (TPSA) is 49.4 Å². The van der Waals surface area contributed by atoms with Gasteiger partial charge >= 0.3 is 0 Å². The van der Waals surface area contributed by atoms with Gasteiger partial charge in [-0.1, -0.05) is 23.7 Å². The van der Waals surface area contributed by atoms with Gasteiger partial charge < -0.3 is 5.32 Å². The van der Waals surface area contributed by atoms with E-state index >= 15 is 0 Å². The van der Waals surface area contributed by atoms with E-state index in [0.29, 0.717) is 21.2 Å². The van der Waals surface area contributed by atoms with Gasteiger partial charge in [0, 0.05) is 21.7 Å². The highest BCUT2D eigenvalue weighted by atomic mass is 35.5. The van der Waals surface area contributed by atoms with Gasteiger partial charge in [0.05, 0.1) is 11.3 Å². The summed E-state index contributed by atoms with van der Waals surface area (Å²) in [7, 11) is 0. The first-order valence-electron chi connectivity index (χ1n) is 8.52. The summed E-state index contributed by atoms with van der Waals surface area (Å²) in [6.07, 6.45) is 0. The molecule has 3 aromatic rings. The number of anilines is 2. The van der Waals surface area contributed by atoms with Crippen molar-refractivity contribution in [1.29, 1.82) is 0 Å². The van der Waals surface area contributed by atoms with E-state index in [9.17, 15) is 18.4 Å². The zero-order chi connectivity index (χ0) is 20.7. The molecule has 2 amide bonds. The molecule has 4 nitrogen and oxygen atoms in total. The molecule has 1 N–H and O–H groups in total. The van der Waals surface area contributed by atoms with Gasteiger partial charge in [0.2, 0.25) is 0 Å². The van der Waals surface area contributed by atoms with Gasteiger partial charge in [-0.15, -0.1) is 11.3 Å². The standard InChI is InChI=1S/C21H13ClF2N2O2S/c1-11-13(22)4-2-5-16(11)25-19-18(17-6-3-9-29-17)20(27)26(21(19)28)12-7-8-14(23)15(24)10-12/h2-10,25H,1H3. The highest BCUT2D eigenvalue weighted by Gasteiger charge is 2.41. The van der Waals surface area contributed by atoms with E-state index in [1.165, 1.54) is 17.4 Å². The fourth-order valence-electron chi connectivity index (χ4n) is 3.03. The molecule has 0 saturated carbocycles. The van der Waals surface area contributed by atoms with Crippen LogP contribution < -0.4 is 10.2 Å². The normalized spacial score (nSPS) is 14.1. The Morgan fingerprint density at radius 2 is 1.79 bits per heavy atom. The molecule has 0 atom stereocenters. The molecule has 1 aliphatic rings. The fourth-order valence-corrected chi connectivity index (χ4v) is 3.97. The molecule has 1 aliphatic heterocycles. The van der Waals surface area contributed by atoms with Crippen molar-refractivity contribution in [2.45, 2.75) is 6.92 Å². The van der Waals surface area contributed by atoms with Crippen LogP contribution in [0.15, 0.2) is 59.6 Å². The molecular weight excluding hydrogens is 418 g/mol. The number of imide groups is 1. The molecule has 2 aromatic carbocycles. The van der Waals surface area contributed by atoms with E-state index in [1.54, 1.807) is 42.6 Å². The minimum atomic E-state index is -1.15. The lowest BCUT2D eigenvalue weighted by Crippen LogP contribution is -2.32. The summed E-state index contributed by atoms with van der Waals surface area (Å²) in [5, 5.41) is 5.30. The third-order valence-corrected chi connectivity index (χ3v) is 5.84. The van der Waals surface area contributed by atoms with Gasteiger partial charge in [-0.25, -0.2) is 13.7 Å². The van der Waals surface area contributed by atoms with Crippen LogP contribution in [-0.4, -0.2) is 11.8 Å². The first kappa shape index (κ1) is 19.3. The number of carbonyl (C=O) groups is 2. The molecule has 2 heterocycles. The average Bonchev–Trinajstić information content (AvgIpc) is 3.29. The molecule has 0 aliphatic carbocycles. The van der Waals surface area contributed by atoms with Crippen molar-refractivity contribution < 1.29 is 18.4 Å². The third kappa shape index (κ3) is 3.32. The Hall–Kier alpha value is -3.03. The Labute approximate surface area is 174 Å². The number of halogens is 3. The Morgan fingerprint density at radius 1 is 1.00 bits per heavy atom. The molecule has 1 aromatic heterocycles. The highest BCUT2D eigenvalue weighted by molar-refractivity contribution is 7.11. The van der Waals surface area contributed by atoms with Gasteiger partial charge in [-0.3, -0.25) is 9.59 Å². The Bertz CT molecular complexity index is 1180. The van der Waals surface area contributed by atoms with Crippen LogP contribution in [0.1, 0.15) is 10.4 Å². The molecule has 0 bridgehead atoms. The smallest absolute Gasteiger partial charge is 0.282 e. The van der Waals surface area contributed by atoms with Gasteiger partial charge in [-0.2, -0.15) is 0 Å². The highest BCUT2D eigenvalue weighted by Crippen LogP contribution is 2.36. The van der Waals surface area contributed by atoms with Gasteiger partial charge in [-0.05, 0) is 48.2 Å². The van der Waals surface area contributed by atoms with Crippen molar-refractivity contribution in [3.8, 4) is 0 Å². The lowest BCUT2D eigenvalue weighted by molar-refractivity contribution is -0.120. The van der Waals surface area contributed by atoms with Crippen LogP contribution in [0.5, 0.6) is 0 Å². The first-order chi connectivity index (χ1) is 13.9. The quantitative estimate of drug-likeness (QED) is 0.565. The number of rotatable bonds is 4. The monoisotopic (exact) mass is 430 g/mol. The van der Waals surface area contributed by atoms with Crippen molar-refractivity contribution >= 4 is 51.7 Å². The molecule has 0 saturated heterocycles. The number of hydrogen-bond acceptors (Lipinski definition) is 4. The summed E-state index contributed by atoms with van der Waals surface area (Å²) in [4.78, 5) is 27.7. The van der Waals surface area contributed by atoms with Crippen molar-refractivity contribution in [2.75, 3.05) is 10.2 Å². The minimum Gasteiger partial charge on any atom is -0.350 e. The Balaban J connectivity index is 1.83. The van der Waals surface area contributed by atoms with E-state index < -0.39 is 23.4 Å². The van der Waals surface area contributed by atoms with Crippen LogP contribution >= 0.6 is 22.9 Å². The zero-order valence-corrected chi connectivity index (χ0v) is 16.6. The van der Waals surface area contributed by atoms with Gasteiger partial charge in [0.15, 0.2) is 11.6 Å². The van der Waals surface area contributed by atoms with E-state index in [2.05, 4.69) is 5.32 Å². The van der Waals surface area contributed by atoms with Crippen molar-refractivity contribution in [2.24, 2.45) is 0 Å². The second kappa shape index (κ2) is 7.42. The second-order valence-electron chi connectivity index (χ2n) is 6.31. The molecule has 29 heavy (non-hydrogen) atoms. The van der Waals surface area contributed by atoms with E-state index in [-0.39, 0.29) is 17.0 Å². The maximum absolute atomic E-state index is 13.7. The number of thiophene rings is 1. The van der Waals surface area contributed by atoms with Gasteiger partial charge in [0.1, 0.15) is 5.70 Å². The van der Waals surface area contributed by atoms with Crippen LogP contribution in [-0.2, 0) is 9.59 Å². The molecule has 0 unspecified atom stereocenters. The summed E-state index contributed by atoms with van der Waals surface area (Å²) in [6, 6.07) is 11.5. The number of amides is 2. The predicted octanol–water partition coefficient (Wildman–Crippen LogP) is 5.38. The van der Waals surface area contributed by atoms with Crippen molar-refractivity contribution in [3.63, 3.8) is 0 Å². The van der Waals surface area contributed by atoms with Crippen LogP contribution in [0.25, 0.3) is 5.57 Å². The Kier molecular flexibility index (Phi) is 4.94. The van der Waals surface area contributed by atoms with E-state index in [1.807, 2.05) is 0 Å².